The molecular formula is C8H12F2N2O3. The van der Waals surface area contributed by atoms with E-state index >= 15 is 0 Å². The average Bonchev–Trinajstić information content (AvgIpc) is 2.13. The van der Waals surface area contributed by atoms with Crippen molar-refractivity contribution in [1.29, 1.82) is 0 Å². The summed E-state index contributed by atoms with van der Waals surface area (Å²) < 4.78 is 28.6. The molecule has 0 radical (unpaired) electrons. The molecule has 0 fully saturated rings. The molecule has 86 valence electrons. The molecule has 0 amide bonds. The van der Waals surface area contributed by atoms with Crippen molar-refractivity contribution in [1.82, 2.24) is 5.01 Å². The zero-order valence-electron chi connectivity index (χ0n) is 8.37. The van der Waals surface area contributed by atoms with E-state index in [-0.39, 0.29) is 6.61 Å². The summed E-state index contributed by atoms with van der Waals surface area (Å²) in [5, 5.41) is 0.826. The maximum absolute atomic E-state index is 12.1. The lowest BCUT2D eigenvalue weighted by Crippen LogP contribution is -2.27. The number of nitrogens with zero attached hydrogens (tertiary/aromatic N) is 1. The number of hydrogen-bond donors (Lipinski definition) is 1. The van der Waals surface area contributed by atoms with Crippen LogP contribution in [0.1, 0.15) is 6.92 Å². The van der Waals surface area contributed by atoms with Gasteiger partial charge in [-0.25, -0.2) is 19.4 Å². The first-order valence-electron chi connectivity index (χ1n) is 4.09. The second-order valence-corrected chi connectivity index (χ2v) is 2.59. The van der Waals surface area contributed by atoms with Crippen LogP contribution >= 0.6 is 0 Å². The highest BCUT2D eigenvalue weighted by Crippen LogP contribution is 2.08. The Hall–Kier alpha value is -1.50. The SMILES string of the molecule is CCOC(=O)/C(=C\N(C)N)C(=O)C(F)F. The van der Waals surface area contributed by atoms with Crippen LogP contribution in [0.5, 0.6) is 0 Å². The van der Waals surface area contributed by atoms with Crippen LogP contribution in [0, 0.1) is 0 Å². The molecule has 0 unspecified atom stereocenters. The van der Waals surface area contributed by atoms with Gasteiger partial charge < -0.3 is 9.75 Å². The topological polar surface area (TPSA) is 72.6 Å². The van der Waals surface area contributed by atoms with Crippen LogP contribution in [0.3, 0.4) is 0 Å². The van der Waals surface area contributed by atoms with Crippen LogP contribution in [-0.2, 0) is 14.3 Å². The Morgan fingerprint density at radius 2 is 2.07 bits per heavy atom. The van der Waals surface area contributed by atoms with Gasteiger partial charge in [-0.15, -0.1) is 0 Å². The largest absolute Gasteiger partial charge is 0.462 e. The fourth-order valence-corrected chi connectivity index (χ4v) is 0.747. The predicted octanol–water partition coefficient (Wildman–Crippen LogP) is 0.0731. The molecule has 0 aromatic carbocycles. The molecule has 0 spiro atoms. The average molecular weight is 222 g/mol. The molecule has 0 saturated heterocycles. The highest BCUT2D eigenvalue weighted by Gasteiger charge is 2.27. The number of hydrazine groups is 1. The minimum atomic E-state index is -3.26. The number of rotatable bonds is 5. The van der Waals surface area contributed by atoms with E-state index in [1.807, 2.05) is 0 Å². The number of nitrogens with two attached hydrogens (primary N) is 1. The monoisotopic (exact) mass is 222 g/mol. The van der Waals surface area contributed by atoms with Gasteiger partial charge >= 0.3 is 12.4 Å². The molecule has 7 heteroatoms. The quantitative estimate of drug-likeness (QED) is 0.178. The third kappa shape index (κ3) is 4.50. The Morgan fingerprint density at radius 3 is 2.40 bits per heavy atom. The standard InChI is InChI=1S/C8H12F2N2O3/c1-3-15-8(14)5(4-12(2)11)6(13)7(9)10/h4,7H,3,11H2,1-2H3/b5-4-. The maximum atomic E-state index is 12.1. The maximum Gasteiger partial charge on any atom is 0.343 e. The van der Waals surface area contributed by atoms with Gasteiger partial charge in [0.15, 0.2) is 0 Å². The van der Waals surface area contributed by atoms with Gasteiger partial charge in [0.25, 0.3) is 0 Å². The van der Waals surface area contributed by atoms with Gasteiger partial charge in [0, 0.05) is 13.2 Å². The highest BCUT2D eigenvalue weighted by atomic mass is 19.3. The van der Waals surface area contributed by atoms with E-state index < -0.39 is 23.8 Å². The van der Waals surface area contributed by atoms with Crippen molar-refractivity contribution in [2.45, 2.75) is 13.3 Å². The third-order valence-corrected chi connectivity index (χ3v) is 1.29. The number of halogens is 2. The molecular weight excluding hydrogens is 210 g/mol. The van der Waals surface area contributed by atoms with Crippen molar-refractivity contribution < 1.29 is 23.1 Å². The van der Waals surface area contributed by atoms with E-state index in [0.717, 1.165) is 11.2 Å². The van der Waals surface area contributed by atoms with Crippen LogP contribution in [0.4, 0.5) is 8.78 Å². The van der Waals surface area contributed by atoms with Crippen LogP contribution in [0.25, 0.3) is 0 Å². The first-order chi connectivity index (χ1) is 6.90. The molecule has 0 rings (SSSR count). The van der Waals surface area contributed by atoms with E-state index in [1.54, 1.807) is 0 Å². The lowest BCUT2D eigenvalue weighted by Gasteiger charge is -2.09. The number of esters is 1. The lowest BCUT2D eigenvalue weighted by molar-refractivity contribution is -0.141. The molecule has 0 aliphatic heterocycles. The van der Waals surface area contributed by atoms with Crippen molar-refractivity contribution >= 4 is 11.8 Å². The Bertz CT molecular complexity index is 277. The van der Waals surface area contributed by atoms with E-state index in [4.69, 9.17) is 5.84 Å². The smallest absolute Gasteiger partial charge is 0.343 e. The van der Waals surface area contributed by atoms with Gasteiger partial charge in [-0.05, 0) is 6.92 Å². The molecule has 0 saturated carbocycles. The summed E-state index contributed by atoms with van der Waals surface area (Å²) in [5.41, 5.74) is -0.767. The normalized spacial score (nSPS) is 11.5. The summed E-state index contributed by atoms with van der Waals surface area (Å²) in [5.74, 6) is 2.40. The van der Waals surface area contributed by atoms with Crippen LogP contribution in [0.2, 0.25) is 0 Å². The summed E-state index contributed by atoms with van der Waals surface area (Å²) in [4.78, 5) is 22.0. The summed E-state index contributed by atoms with van der Waals surface area (Å²) >= 11 is 0. The van der Waals surface area contributed by atoms with Crippen molar-refractivity contribution in [2.75, 3.05) is 13.7 Å². The van der Waals surface area contributed by atoms with Crippen molar-refractivity contribution in [2.24, 2.45) is 5.84 Å². The number of carbonyl (C=O) groups excluding carboxylic acids is 2. The Balaban J connectivity index is 4.90. The second kappa shape index (κ2) is 6.07. The molecule has 15 heavy (non-hydrogen) atoms. The third-order valence-electron chi connectivity index (χ3n) is 1.29. The van der Waals surface area contributed by atoms with Gasteiger partial charge in [-0.3, -0.25) is 4.79 Å². The fraction of sp³-hybridized carbons (Fsp3) is 0.500. The van der Waals surface area contributed by atoms with Crippen molar-refractivity contribution in [3.63, 3.8) is 0 Å². The molecule has 0 aromatic heterocycles. The van der Waals surface area contributed by atoms with Gasteiger partial charge in [-0.1, -0.05) is 0 Å². The van der Waals surface area contributed by atoms with Crippen molar-refractivity contribution in [3.05, 3.63) is 11.8 Å². The molecule has 0 aliphatic carbocycles. The summed E-state index contributed by atoms with van der Waals surface area (Å²) in [6.45, 7) is 1.48. The Labute approximate surface area is 85.4 Å². The molecule has 5 nitrogen and oxygen atoms in total. The first kappa shape index (κ1) is 13.5. The van der Waals surface area contributed by atoms with E-state index in [2.05, 4.69) is 4.74 Å². The predicted molar refractivity (Wildman–Crippen MR) is 47.7 cm³/mol. The molecule has 0 aromatic rings. The molecule has 0 bridgehead atoms. The number of hydrogen-bond acceptors (Lipinski definition) is 5. The number of ether oxygens (including phenoxy) is 1. The number of Topliss-reactive ketones (excluding diaryl/α,β-unsaturated/α-hetero) is 1. The van der Waals surface area contributed by atoms with Gasteiger partial charge in [0.05, 0.1) is 6.61 Å². The van der Waals surface area contributed by atoms with Gasteiger partial charge in [0.1, 0.15) is 5.57 Å². The zero-order chi connectivity index (χ0) is 12.0. The van der Waals surface area contributed by atoms with Crippen LogP contribution in [0.15, 0.2) is 11.8 Å². The van der Waals surface area contributed by atoms with Crippen LogP contribution in [-0.4, -0.2) is 36.8 Å². The minimum absolute atomic E-state index is 0.0129. The summed E-state index contributed by atoms with van der Waals surface area (Å²) in [7, 11) is 1.29. The molecule has 0 aliphatic rings. The number of carbonyl (C=O) groups is 2. The van der Waals surface area contributed by atoms with E-state index in [9.17, 15) is 18.4 Å². The van der Waals surface area contributed by atoms with Gasteiger partial charge in [-0.2, -0.15) is 0 Å². The first-order valence-corrected chi connectivity index (χ1v) is 4.09. The van der Waals surface area contributed by atoms with Crippen molar-refractivity contribution in [3.8, 4) is 0 Å². The minimum Gasteiger partial charge on any atom is -0.462 e. The van der Waals surface area contributed by atoms with E-state index in [0.29, 0.717) is 0 Å². The Kier molecular flexibility index (Phi) is 5.46. The van der Waals surface area contributed by atoms with Gasteiger partial charge in [0.2, 0.25) is 5.78 Å². The highest BCUT2D eigenvalue weighted by molar-refractivity contribution is 6.18. The second-order valence-electron chi connectivity index (χ2n) is 2.59. The summed E-state index contributed by atoms with van der Waals surface area (Å²) in [6, 6.07) is 0. The number of alkyl halides is 2. The lowest BCUT2D eigenvalue weighted by atomic mass is 10.2. The number of ketones is 1. The summed E-state index contributed by atoms with van der Waals surface area (Å²) in [6.07, 6.45) is -2.47. The van der Waals surface area contributed by atoms with E-state index in [1.165, 1.54) is 14.0 Å². The molecule has 0 heterocycles. The zero-order valence-corrected chi connectivity index (χ0v) is 8.37. The Morgan fingerprint density at radius 1 is 1.53 bits per heavy atom. The molecule has 0 atom stereocenters. The van der Waals surface area contributed by atoms with Crippen LogP contribution < -0.4 is 5.84 Å². The fourth-order valence-electron chi connectivity index (χ4n) is 0.747. The molecule has 2 N–H and O–H groups in total.